The number of rotatable bonds is 4. The zero-order chi connectivity index (χ0) is 12.7. The van der Waals surface area contributed by atoms with E-state index in [-0.39, 0.29) is 6.54 Å². The summed E-state index contributed by atoms with van der Waals surface area (Å²) in [6.45, 7) is -0.183. The lowest BCUT2D eigenvalue weighted by molar-refractivity contribution is -0.139. The predicted octanol–water partition coefficient (Wildman–Crippen LogP) is 0.990. The number of carbonyl (C=O) groups is 2. The van der Waals surface area contributed by atoms with Crippen molar-refractivity contribution in [2.75, 3.05) is 26.1 Å². The fourth-order valence-electron chi connectivity index (χ4n) is 1.14. The standard InChI is InChI=1S/C11H14N2O4/c1-16-9-6-4-3-5-8(9)13-11(15)12-7-10(14)17-2/h3-6H,7H2,1-2H3,(H2,12,13,15). The average Bonchev–Trinajstić information content (AvgIpc) is 2.36. The number of benzene rings is 1. The van der Waals surface area contributed by atoms with Gasteiger partial charge in [0.05, 0.1) is 19.9 Å². The molecule has 0 aliphatic rings. The Morgan fingerprint density at radius 1 is 1.24 bits per heavy atom. The molecule has 1 aromatic carbocycles. The molecule has 0 aliphatic carbocycles. The highest BCUT2D eigenvalue weighted by atomic mass is 16.5. The number of ether oxygens (including phenoxy) is 2. The molecule has 0 fully saturated rings. The van der Waals surface area contributed by atoms with Gasteiger partial charge < -0.3 is 20.1 Å². The summed E-state index contributed by atoms with van der Waals surface area (Å²) >= 11 is 0. The number of methoxy groups -OCH3 is 2. The summed E-state index contributed by atoms with van der Waals surface area (Å²) in [6, 6.07) is 6.46. The third-order valence-corrected chi connectivity index (χ3v) is 1.98. The molecule has 6 heteroatoms. The quantitative estimate of drug-likeness (QED) is 0.767. The molecule has 0 bridgehead atoms. The van der Waals surface area contributed by atoms with Crippen LogP contribution in [0.1, 0.15) is 0 Å². The van der Waals surface area contributed by atoms with Gasteiger partial charge in [0.25, 0.3) is 0 Å². The summed E-state index contributed by atoms with van der Waals surface area (Å²) in [5.41, 5.74) is 0.525. The van der Waals surface area contributed by atoms with Crippen LogP contribution in [0.2, 0.25) is 0 Å². The van der Waals surface area contributed by atoms with Crippen molar-refractivity contribution < 1.29 is 19.1 Å². The Hall–Kier alpha value is -2.24. The maximum Gasteiger partial charge on any atom is 0.325 e. The van der Waals surface area contributed by atoms with Gasteiger partial charge in [-0.1, -0.05) is 12.1 Å². The van der Waals surface area contributed by atoms with Crippen LogP contribution in [0.25, 0.3) is 0 Å². The lowest BCUT2D eigenvalue weighted by Crippen LogP contribution is -2.33. The summed E-state index contributed by atoms with van der Waals surface area (Å²) in [5.74, 6) is 0.0286. The molecular weight excluding hydrogens is 224 g/mol. The fraction of sp³-hybridized carbons (Fsp3) is 0.273. The molecule has 0 radical (unpaired) electrons. The van der Waals surface area contributed by atoms with Crippen molar-refractivity contribution in [3.8, 4) is 5.75 Å². The van der Waals surface area contributed by atoms with Gasteiger partial charge in [-0.05, 0) is 12.1 Å². The Morgan fingerprint density at radius 3 is 2.59 bits per heavy atom. The first-order valence-electron chi connectivity index (χ1n) is 4.92. The van der Waals surface area contributed by atoms with Crippen molar-refractivity contribution in [1.82, 2.24) is 5.32 Å². The second kappa shape index (κ2) is 6.37. The third-order valence-electron chi connectivity index (χ3n) is 1.98. The SMILES string of the molecule is COC(=O)CNC(=O)Nc1ccccc1OC. The topological polar surface area (TPSA) is 76.7 Å². The van der Waals surface area contributed by atoms with Gasteiger partial charge >= 0.3 is 12.0 Å². The van der Waals surface area contributed by atoms with Crippen LogP contribution in [-0.2, 0) is 9.53 Å². The molecule has 2 N–H and O–H groups in total. The molecule has 0 saturated heterocycles. The number of hydrogen-bond donors (Lipinski definition) is 2. The molecule has 1 aromatic rings. The molecule has 92 valence electrons. The van der Waals surface area contributed by atoms with Crippen molar-refractivity contribution in [1.29, 1.82) is 0 Å². The van der Waals surface area contributed by atoms with Crippen LogP contribution in [0.5, 0.6) is 5.75 Å². The van der Waals surface area contributed by atoms with Crippen molar-refractivity contribution in [2.24, 2.45) is 0 Å². The minimum absolute atomic E-state index is 0.183. The van der Waals surface area contributed by atoms with Gasteiger partial charge in [-0.3, -0.25) is 4.79 Å². The van der Waals surface area contributed by atoms with Gasteiger partial charge in [0.1, 0.15) is 12.3 Å². The van der Waals surface area contributed by atoms with E-state index in [1.807, 2.05) is 0 Å². The van der Waals surface area contributed by atoms with E-state index >= 15 is 0 Å². The molecule has 0 aliphatic heterocycles. The maximum atomic E-state index is 11.4. The number of hydrogen-bond acceptors (Lipinski definition) is 4. The molecule has 2 amide bonds. The monoisotopic (exact) mass is 238 g/mol. The van der Waals surface area contributed by atoms with Crippen LogP contribution in [-0.4, -0.2) is 32.8 Å². The first-order chi connectivity index (χ1) is 8.17. The van der Waals surface area contributed by atoms with Gasteiger partial charge in [0.15, 0.2) is 0 Å². The van der Waals surface area contributed by atoms with Crippen LogP contribution < -0.4 is 15.4 Å². The minimum Gasteiger partial charge on any atom is -0.495 e. The lowest BCUT2D eigenvalue weighted by atomic mass is 10.3. The number of para-hydroxylation sites is 2. The van der Waals surface area contributed by atoms with Crippen LogP contribution >= 0.6 is 0 Å². The predicted molar refractivity (Wildman–Crippen MR) is 62.0 cm³/mol. The molecule has 0 aromatic heterocycles. The van der Waals surface area contributed by atoms with Gasteiger partial charge in [0.2, 0.25) is 0 Å². The van der Waals surface area contributed by atoms with Crippen molar-refractivity contribution in [3.63, 3.8) is 0 Å². The highest BCUT2D eigenvalue weighted by molar-refractivity contribution is 5.92. The van der Waals surface area contributed by atoms with E-state index in [0.29, 0.717) is 11.4 Å². The Bertz CT molecular complexity index is 406. The molecule has 1 rings (SSSR count). The normalized spacial score (nSPS) is 9.29. The fourth-order valence-corrected chi connectivity index (χ4v) is 1.14. The highest BCUT2D eigenvalue weighted by Gasteiger charge is 2.07. The van der Waals surface area contributed by atoms with Crippen LogP contribution in [0, 0.1) is 0 Å². The highest BCUT2D eigenvalue weighted by Crippen LogP contribution is 2.22. The minimum atomic E-state index is -0.514. The second-order valence-corrected chi connectivity index (χ2v) is 3.08. The van der Waals surface area contributed by atoms with Gasteiger partial charge in [0, 0.05) is 0 Å². The lowest BCUT2D eigenvalue weighted by Gasteiger charge is -2.10. The first-order valence-corrected chi connectivity index (χ1v) is 4.92. The number of amides is 2. The molecule has 0 atom stereocenters. The number of carbonyl (C=O) groups excluding carboxylic acids is 2. The summed E-state index contributed by atoms with van der Waals surface area (Å²) in [6.07, 6.45) is 0. The average molecular weight is 238 g/mol. The van der Waals surface area contributed by atoms with Crippen molar-refractivity contribution >= 4 is 17.7 Å². The summed E-state index contributed by atoms with van der Waals surface area (Å²) in [4.78, 5) is 22.2. The Labute approximate surface area is 98.9 Å². The van der Waals surface area contributed by atoms with E-state index in [0.717, 1.165) is 0 Å². The number of esters is 1. The Morgan fingerprint density at radius 2 is 1.94 bits per heavy atom. The maximum absolute atomic E-state index is 11.4. The zero-order valence-corrected chi connectivity index (χ0v) is 9.65. The second-order valence-electron chi connectivity index (χ2n) is 3.08. The van der Waals surface area contributed by atoms with E-state index in [1.54, 1.807) is 24.3 Å². The molecule has 0 heterocycles. The van der Waals surface area contributed by atoms with Crippen LogP contribution in [0.4, 0.5) is 10.5 Å². The zero-order valence-electron chi connectivity index (χ0n) is 9.65. The van der Waals surface area contributed by atoms with Crippen LogP contribution in [0.3, 0.4) is 0 Å². The Balaban J connectivity index is 2.53. The summed E-state index contributed by atoms with van der Waals surface area (Å²) < 4.78 is 9.45. The van der Waals surface area contributed by atoms with Gasteiger partial charge in [-0.15, -0.1) is 0 Å². The molecule has 6 nitrogen and oxygen atoms in total. The summed E-state index contributed by atoms with van der Waals surface area (Å²) in [5, 5.41) is 4.91. The van der Waals surface area contributed by atoms with E-state index in [2.05, 4.69) is 15.4 Å². The molecule has 0 unspecified atom stereocenters. The molecule has 0 saturated carbocycles. The molecule has 0 spiro atoms. The van der Waals surface area contributed by atoms with E-state index < -0.39 is 12.0 Å². The van der Waals surface area contributed by atoms with Gasteiger partial charge in [-0.25, -0.2) is 4.79 Å². The molecular formula is C11H14N2O4. The molecule has 17 heavy (non-hydrogen) atoms. The van der Waals surface area contributed by atoms with E-state index in [1.165, 1.54) is 14.2 Å². The van der Waals surface area contributed by atoms with E-state index in [9.17, 15) is 9.59 Å². The first kappa shape index (κ1) is 12.8. The van der Waals surface area contributed by atoms with Crippen molar-refractivity contribution in [2.45, 2.75) is 0 Å². The largest absolute Gasteiger partial charge is 0.495 e. The van der Waals surface area contributed by atoms with E-state index in [4.69, 9.17) is 4.74 Å². The number of anilines is 1. The van der Waals surface area contributed by atoms with Gasteiger partial charge in [-0.2, -0.15) is 0 Å². The van der Waals surface area contributed by atoms with Crippen molar-refractivity contribution in [3.05, 3.63) is 24.3 Å². The summed E-state index contributed by atoms with van der Waals surface area (Å²) in [7, 11) is 2.76. The smallest absolute Gasteiger partial charge is 0.325 e. The third kappa shape index (κ3) is 4.02. The number of urea groups is 1. The van der Waals surface area contributed by atoms with Crippen LogP contribution in [0.15, 0.2) is 24.3 Å². The Kier molecular flexibility index (Phi) is 4.80. The number of nitrogens with one attached hydrogen (secondary N) is 2.